The van der Waals surface area contributed by atoms with Gasteiger partial charge in [-0.05, 0) is 31.0 Å². The number of rotatable bonds is 2. The van der Waals surface area contributed by atoms with Gasteiger partial charge in [0.15, 0.2) is 0 Å². The Morgan fingerprint density at radius 3 is 2.50 bits per heavy atom. The molecule has 0 saturated heterocycles. The van der Waals surface area contributed by atoms with Crippen molar-refractivity contribution in [2.75, 3.05) is 0 Å². The van der Waals surface area contributed by atoms with Gasteiger partial charge in [0.2, 0.25) is 0 Å². The van der Waals surface area contributed by atoms with Crippen molar-refractivity contribution in [3.05, 3.63) is 29.8 Å². The lowest BCUT2D eigenvalue weighted by Gasteiger charge is -2.50. The summed E-state index contributed by atoms with van der Waals surface area (Å²) in [4.78, 5) is 0. The monoisotopic (exact) mass is 304 g/mol. The Morgan fingerprint density at radius 1 is 1.20 bits per heavy atom. The summed E-state index contributed by atoms with van der Waals surface area (Å²) in [6.45, 7) is 0. The van der Waals surface area contributed by atoms with Gasteiger partial charge in [0.25, 0.3) is 0 Å². The first-order chi connectivity index (χ1) is 9.42. The maximum Gasteiger partial charge on any atom is 0.416 e. The first-order valence-corrected chi connectivity index (χ1v) is 7.33. The third-order valence-electron chi connectivity index (χ3n) is 4.66. The number of alkyl halides is 4. The summed E-state index contributed by atoms with van der Waals surface area (Å²) < 4.78 is 43.9. The van der Waals surface area contributed by atoms with Crippen LogP contribution in [0.1, 0.15) is 37.7 Å². The van der Waals surface area contributed by atoms with Crippen molar-refractivity contribution >= 4 is 11.6 Å². The lowest BCUT2D eigenvalue weighted by atomic mass is 9.64. The molecule has 2 aliphatic rings. The van der Waals surface area contributed by atoms with Crippen LogP contribution in [-0.4, -0.2) is 11.5 Å². The lowest BCUT2D eigenvalue weighted by Crippen LogP contribution is -2.55. The highest BCUT2D eigenvalue weighted by Crippen LogP contribution is 2.57. The number of hydrogen-bond acceptors (Lipinski definition) is 1. The van der Waals surface area contributed by atoms with E-state index in [1.54, 1.807) is 6.07 Å². The lowest BCUT2D eigenvalue weighted by molar-refractivity contribution is -0.137. The van der Waals surface area contributed by atoms with Gasteiger partial charge >= 0.3 is 6.18 Å². The Morgan fingerprint density at radius 2 is 1.90 bits per heavy atom. The SMILES string of the molecule is FC(F)(F)c1cccc(OC2CC(Cl)C23CCCC3)c1. The molecule has 0 aromatic heterocycles. The Hall–Kier alpha value is -0.900. The normalized spacial score (nSPS) is 28.4. The topological polar surface area (TPSA) is 9.23 Å². The van der Waals surface area contributed by atoms with Crippen molar-refractivity contribution in [2.45, 2.75) is 49.8 Å². The highest BCUT2D eigenvalue weighted by Gasteiger charge is 2.57. The van der Waals surface area contributed by atoms with Gasteiger partial charge in [0.05, 0.1) is 5.56 Å². The van der Waals surface area contributed by atoms with Crippen LogP contribution >= 0.6 is 11.6 Å². The van der Waals surface area contributed by atoms with E-state index in [0.717, 1.165) is 44.2 Å². The second-order valence-electron chi connectivity index (χ2n) is 5.78. The fourth-order valence-corrected chi connectivity index (χ4v) is 3.96. The fraction of sp³-hybridized carbons (Fsp3) is 0.600. The molecule has 110 valence electrons. The third kappa shape index (κ3) is 2.28. The van der Waals surface area contributed by atoms with Gasteiger partial charge in [0.1, 0.15) is 11.9 Å². The fourth-order valence-electron chi connectivity index (χ4n) is 3.44. The molecular formula is C15H16ClF3O. The Labute approximate surface area is 121 Å². The van der Waals surface area contributed by atoms with Crippen molar-refractivity contribution in [1.82, 2.24) is 0 Å². The third-order valence-corrected chi connectivity index (χ3v) is 5.27. The molecule has 0 radical (unpaired) electrons. The molecule has 1 nitrogen and oxygen atoms in total. The largest absolute Gasteiger partial charge is 0.490 e. The quantitative estimate of drug-likeness (QED) is 0.697. The van der Waals surface area contributed by atoms with E-state index in [4.69, 9.17) is 16.3 Å². The van der Waals surface area contributed by atoms with Crippen LogP contribution in [0.15, 0.2) is 24.3 Å². The van der Waals surface area contributed by atoms with Crippen LogP contribution in [0.5, 0.6) is 5.75 Å². The van der Waals surface area contributed by atoms with Gasteiger partial charge in [-0.15, -0.1) is 11.6 Å². The molecule has 5 heteroatoms. The van der Waals surface area contributed by atoms with Crippen molar-refractivity contribution in [1.29, 1.82) is 0 Å². The molecule has 2 saturated carbocycles. The van der Waals surface area contributed by atoms with E-state index >= 15 is 0 Å². The molecule has 0 aliphatic heterocycles. The molecule has 1 aromatic carbocycles. The zero-order valence-electron chi connectivity index (χ0n) is 10.9. The van der Waals surface area contributed by atoms with Crippen LogP contribution in [0.3, 0.4) is 0 Å². The minimum absolute atomic E-state index is 0.0181. The summed E-state index contributed by atoms with van der Waals surface area (Å²) in [7, 11) is 0. The molecule has 0 N–H and O–H groups in total. The van der Waals surface area contributed by atoms with Crippen LogP contribution < -0.4 is 4.74 Å². The predicted molar refractivity (Wildman–Crippen MR) is 71.0 cm³/mol. The highest BCUT2D eigenvalue weighted by atomic mass is 35.5. The number of ether oxygens (including phenoxy) is 1. The zero-order chi connectivity index (χ0) is 14.4. The van der Waals surface area contributed by atoms with E-state index in [9.17, 15) is 13.2 Å². The smallest absolute Gasteiger partial charge is 0.416 e. The summed E-state index contributed by atoms with van der Waals surface area (Å²) in [6, 6.07) is 5.10. The van der Waals surface area contributed by atoms with Gasteiger partial charge in [-0.3, -0.25) is 0 Å². The van der Waals surface area contributed by atoms with Crippen LogP contribution in [0.2, 0.25) is 0 Å². The Balaban J connectivity index is 1.76. The molecular weight excluding hydrogens is 289 g/mol. The van der Waals surface area contributed by atoms with Crippen molar-refractivity contribution in [3.63, 3.8) is 0 Å². The van der Waals surface area contributed by atoms with Gasteiger partial charge in [-0.25, -0.2) is 0 Å². The summed E-state index contributed by atoms with van der Waals surface area (Å²) >= 11 is 6.32. The minimum Gasteiger partial charge on any atom is -0.490 e. The van der Waals surface area contributed by atoms with Gasteiger partial charge in [0, 0.05) is 17.2 Å². The molecule has 2 aliphatic carbocycles. The van der Waals surface area contributed by atoms with Crippen molar-refractivity contribution < 1.29 is 17.9 Å². The second-order valence-corrected chi connectivity index (χ2v) is 6.30. The van der Waals surface area contributed by atoms with Crippen LogP contribution in [0.25, 0.3) is 0 Å². The van der Waals surface area contributed by atoms with Crippen LogP contribution in [0.4, 0.5) is 13.2 Å². The average Bonchev–Trinajstić information content (AvgIpc) is 2.90. The molecule has 0 bridgehead atoms. The molecule has 2 fully saturated rings. The van der Waals surface area contributed by atoms with Gasteiger partial charge < -0.3 is 4.74 Å². The molecule has 0 amide bonds. The van der Waals surface area contributed by atoms with E-state index < -0.39 is 11.7 Å². The standard InChI is InChI=1S/C15H16ClF3O/c16-12-9-13(14(12)6-1-2-7-14)20-11-5-3-4-10(8-11)15(17,18)19/h3-5,8,12-13H,1-2,6-7,9H2. The van der Waals surface area contributed by atoms with Crippen molar-refractivity contribution in [2.24, 2.45) is 5.41 Å². The van der Waals surface area contributed by atoms with E-state index in [1.165, 1.54) is 6.07 Å². The van der Waals surface area contributed by atoms with Gasteiger partial charge in [-0.2, -0.15) is 13.2 Å². The molecule has 1 spiro atoms. The van der Waals surface area contributed by atoms with Crippen LogP contribution in [-0.2, 0) is 6.18 Å². The van der Waals surface area contributed by atoms with Gasteiger partial charge in [-0.1, -0.05) is 18.9 Å². The van der Waals surface area contributed by atoms with E-state index in [1.807, 2.05) is 0 Å². The molecule has 3 rings (SSSR count). The summed E-state index contributed by atoms with van der Waals surface area (Å²) in [6.07, 6.45) is 0.639. The summed E-state index contributed by atoms with van der Waals surface area (Å²) in [5, 5.41) is 0.0980. The molecule has 0 heterocycles. The van der Waals surface area contributed by atoms with Crippen LogP contribution in [0, 0.1) is 5.41 Å². The Kier molecular flexibility index (Phi) is 3.39. The maximum atomic E-state index is 12.7. The summed E-state index contributed by atoms with van der Waals surface area (Å²) in [5.41, 5.74) is -0.687. The molecule has 1 aromatic rings. The molecule has 2 atom stereocenters. The number of benzene rings is 1. The number of halogens is 4. The highest BCUT2D eigenvalue weighted by molar-refractivity contribution is 6.21. The average molecular weight is 305 g/mol. The Bertz CT molecular complexity index is 494. The maximum absolute atomic E-state index is 12.7. The first-order valence-electron chi connectivity index (χ1n) is 6.90. The number of hydrogen-bond donors (Lipinski definition) is 0. The predicted octanol–water partition coefficient (Wildman–Crippen LogP) is 5.02. The minimum atomic E-state index is -4.33. The molecule has 2 unspecified atom stereocenters. The molecule has 20 heavy (non-hydrogen) atoms. The van der Waals surface area contributed by atoms with E-state index in [2.05, 4.69) is 0 Å². The first kappa shape index (κ1) is 14.1. The van der Waals surface area contributed by atoms with E-state index in [-0.39, 0.29) is 16.9 Å². The second kappa shape index (κ2) is 4.83. The van der Waals surface area contributed by atoms with E-state index in [0.29, 0.717) is 5.75 Å². The summed E-state index contributed by atoms with van der Waals surface area (Å²) in [5.74, 6) is 0.291. The zero-order valence-corrected chi connectivity index (χ0v) is 11.7. The van der Waals surface area contributed by atoms with Crippen molar-refractivity contribution in [3.8, 4) is 5.75 Å².